The van der Waals surface area contributed by atoms with Gasteiger partial charge in [0.2, 0.25) is 0 Å². The minimum atomic E-state index is -0.712. The SMILES string of the molecule is CCCCCCCCCC1OC1C/C=C/C/C=C/C/C=C/CCCC(=O)O. The summed E-state index contributed by atoms with van der Waals surface area (Å²) in [6, 6.07) is 0. The van der Waals surface area contributed by atoms with E-state index in [1.807, 2.05) is 0 Å². The fourth-order valence-corrected chi connectivity index (χ4v) is 3.20. The molecule has 0 amide bonds. The molecule has 1 N–H and O–H groups in total. The van der Waals surface area contributed by atoms with Gasteiger partial charge in [0, 0.05) is 6.42 Å². The zero-order valence-corrected chi connectivity index (χ0v) is 17.3. The molecule has 0 spiro atoms. The highest BCUT2D eigenvalue weighted by atomic mass is 16.6. The van der Waals surface area contributed by atoms with Crippen molar-refractivity contribution in [3.63, 3.8) is 0 Å². The maximum atomic E-state index is 10.4. The lowest BCUT2D eigenvalue weighted by atomic mass is 10.1. The van der Waals surface area contributed by atoms with Crippen LogP contribution < -0.4 is 0 Å². The normalized spacial score (nSPS) is 19.6. The highest BCUT2D eigenvalue weighted by Crippen LogP contribution is 2.30. The van der Waals surface area contributed by atoms with E-state index in [1.54, 1.807) is 0 Å². The quantitative estimate of drug-likeness (QED) is 0.159. The molecule has 154 valence electrons. The Morgan fingerprint density at radius 3 is 2.15 bits per heavy atom. The Hall–Kier alpha value is -1.35. The van der Waals surface area contributed by atoms with Crippen LogP contribution in [0.2, 0.25) is 0 Å². The minimum Gasteiger partial charge on any atom is -0.481 e. The van der Waals surface area contributed by atoms with Gasteiger partial charge in [0.15, 0.2) is 0 Å². The molecular formula is C24H40O3. The van der Waals surface area contributed by atoms with Gasteiger partial charge in [-0.05, 0) is 38.5 Å². The fourth-order valence-electron chi connectivity index (χ4n) is 3.20. The number of hydrogen-bond donors (Lipinski definition) is 1. The van der Waals surface area contributed by atoms with Crippen LogP contribution in [0.1, 0.15) is 96.8 Å². The molecule has 27 heavy (non-hydrogen) atoms. The first-order valence-corrected chi connectivity index (χ1v) is 11.1. The molecule has 1 rings (SSSR count). The second kappa shape index (κ2) is 16.8. The number of unbranched alkanes of at least 4 members (excludes halogenated alkanes) is 7. The summed E-state index contributed by atoms with van der Waals surface area (Å²) in [7, 11) is 0. The molecule has 1 fully saturated rings. The van der Waals surface area contributed by atoms with E-state index >= 15 is 0 Å². The number of hydrogen-bond acceptors (Lipinski definition) is 2. The minimum absolute atomic E-state index is 0.260. The molecule has 0 bridgehead atoms. The molecule has 0 aliphatic carbocycles. The van der Waals surface area contributed by atoms with Crippen molar-refractivity contribution in [3.05, 3.63) is 36.5 Å². The molecule has 3 nitrogen and oxygen atoms in total. The van der Waals surface area contributed by atoms with Crippen LogP contribution in [0.4, 0.5) is 0 Å². The number of ether oxygens (including phenoxy) is 1. The van der Waals surface area contributed by atoms with Crippen molar-refractivity contribution in [1.29, 1.82) is 0 Å². The molecule has 0 radical (unpaired) electrons. The Balaban J connectivity index is 1.87. The lowest BCUT2D eigenvalue weighted by Gasteiger charge is -1.99. The van der Waals surface area contributed by atoms with E-state index in [2.05, 4.69) is 43.4 Å². The summed E-state index contributed by atoms with van der Waals surface area (Å²) >= 11 is 0. The third-order valence-corrected chi connectivity index (χ3v) is 4.95. The Morgan fingerprint density at radius 1 is 0.815 bits per heavy atom. The maximum absolute atomic E-state index is 10.4. The predicted octanol–water partition coefficient (Wildman–Crippen LogP) is 6.99. The largest absolute Gasteiger partial charge is 0.481 e. The van der Waals surface area contributed by atoms with Crippen LogP contribution in [-0.4, -0.2) is 23.3 Å². The predicted molar refractivity (Wildman–Crippen MR) is 114 cm³/mol. The Kier molecular flexibility index (Phi) is 14.7. The molecule has 0 aromatic rings. The lowest BCUT2D eigenvalue weighted by molar-refractivity contribution is -0.137. The molecule has 0 saturated carbocycles. The van der Waals surface area contributed by atoms with Crippen LogP contribution in [0.3, 0.4) is 0 Å². The molecule has 0 aromatic heterocycles. The highest BCUT2D eigenvalue weighted by molar-refractivity contribution is 5.66. The summed E-state index contributed by atoms with van der Waals surface area (Å²) in [6.45, 7) is 2.27. The smallest absolute Gasteiger partial charge is 0.303 e. The van der Waals surface area contributed by atoms with E-state index in [0.717, 1.165) is 32.1 Å². The number of aliphatic carboxylic acids is 1. The first-order valence-electron chi connectivity index (χ1n) is 11.1. The fraction of sp³-hybridized carbons (Fsp3) is 0.708. The van der Waals surface area contributed by atoms with E-state index in [-0.39, 0.29) is 6.42 Å². The van der Waals surface area contributed by atoms with Gasteiger partial charge in [-0.1, -0.05) is 88.3 Å². The Morgan fingerprint density at radius 2 is 1.44 bits per heavy atom. The van der Waals surface area contributed by atoms with Gasteiger partial charge >= 0.3 is 5.97 Å². The number of allylic oxidation sites excluding steroid dienone is 5. The first-order chi connectivity index (χ1) is 13.2. The van der Waals surface area contributed by atoms with Crippen molar-refractivity contribution in [2.24, 2.45) is 0 Å². The monoisotopic (exact) mass is 376 g/mol. The summed E-state index contributed by atoms with van der Waals surface area (Å²) in [5, 5.41) is 8.54. The van der Waals surface area contributed by atoms with Gasteiger partial charge in [-0.2, -0.15) is 0 Å². The molecule has 1 saturated heterocycles. The topological polar surface area (TPSA) is 49.8 Å². The van der Waals surface area contributed by atoms with Gasteiger partial charge in [-0.25, -0.2) is 0 Å². The van der Waals surface area contributed by atoms with Crippen LogP contribution in [0.25, 0.3) is 0 Å². The van der Waals surface area contributed by atoms with Gasteiger partial charge in [-0.15, -0.1) is 0 Å². The summed E-state index contributed by atoms with van der Waals surface area (Å²) in [5.74, 6) is -0.712. The number of carbonyl (C=O) groups is 1. The van der Waals surface area contributed by atoms with Crippen LogP contribution in [0.5, 0.6) is 0 Å². The second-order valence-electron chi connectivity index (χ2n) is 7.53. The molecule has 2 atom stereocenters. The molecule has 1 aliphatic heterocycles. The molecular weight excluding hydrogens is 336 g/mol. The average molecular weight is 377 g/mol. The van der Waals surface area contributed by atoms with Gasteiger partial charge in [-0.3, -0.25) is 4.79 Å². The number of rotatable bonds is 18. The van der Waals surface area contributed by atoms with Crippen LogP contribution in [-0.2, 0) is 9.53 Å². The van der Waals surface area contributed by atoms with Crippen molar-refractivity contribution < 1.29 is 14.6 Å². The van der Waals surface area contributed by atoms with Crippen LogP contribution >= 0.6 is 0 Å². The van der Waals surface area contributed by atoms with E-state index in [4.69, 9.17) is 9.84 Å². The third kappa shape index (κ3) is 15.4. The van der Waals surface area contributed by atoms with E-state index < -0.39 is 5.97 Å². The van der Waals surface area contributed by atoms with E-state index in [9.17, 15) is 4.79 Å². The number of carboxylic acids is 1. The van der Waals surface area contributed by atoms with E-state index in [1.165, 1.54) is 51.4 Å². The van der Waals surface area contributed by atoms with Gasteiger partial charge in [0.25, 0.3) is 0 Å². The second-order valence-corrected chi connectivity index (χ2v) is 7.53. The molecule has 1 heterocycles. The standard InChI is InChI=1S/C24H40O3/c1-2-3-4-5-10-13-16-19-22-23(27-22)20-17-14-11-8-6-7-9-12-15-18-21-24(25)26/h6,8-9,12,14,17,22-23H,2-5,7,10-11,13,15-16,18-21H2,1H3,(H,25,26)/b8-6+,12-9+,17-14+. The Bertz CT molecular complexity index is 451. The third-order valence-electron chi connectivity index (χ3n) is 4.95. The van der Waals surface area contributed by atoms with Crippen LogP contribution in [0, 0.1) is 0 Å². The van der Waals surface area contributed by atoms with E-state index in [0.29, 0.717) is 12.2 Å². The maximum Gasteiger partial charge on any atom is 0.303 e. The van der Waals surface area contributed by atoms with Crippen molar-refractivity contribution in [2.75, 3.05) is 0 Å². The van der Waals surface area contributed by atoms with Gasteiger partial charge in [0.05, 0.1) is 12.2 Å². The van der Waals surface area contributed by atoms with Crippen molar-refractivity contribution in [3.8, 4) is 0 Å². The summed E-state index contributed by atoms with van der Waals surface area (Å²) < 4.78 is 5.75. The van der Waals surface area contributed by atoms with Gasteiger partial charge in [0.1, 0.15) is 0 Å². The average Bonchev–Trinajstić information content (AvgIpc) is 3.40. The highest BCUT2D eigenvalue weighted by Gasteiger charge is 2.36. The van der Waals surface area contributed by atoms with Crippen LogP contribution in [0.15, 0.2) is 36.5 Å². The summed E-state index contributed by atoms with van der Waals surface area (Å²) in [5.41, 5.74) is 0. The lowest BCUT2D eigenvalue weighted by Crippen LogP contribution is -1.92. The molecule has 2 unspecified atom stereocenters. The van der Waals surface area contributed by atoms with Crippen molar-refractivity contribution in [1.82, 2.24) is 0 Å². The zero-order chi connectivity index (χ0) is 19.6. The number of carboxylic acid groups (broad SMARTS) is 1. The Labute approximate surface area is 166 Å². The van der Waals surface area contributed by atoms with Crippen molar-refractivity contribution in [2.45, 2.75) is 109 Å². The van der Waals surface area contributed by atoms with Gasteiger partial charge < -0.3 is 9.84 Å². The molecule has 3 heteroatoms. The summed E-state index contributed by atoms with van der Waals surface area (Å²) in [4.78, 5) is 10.4. The first kappa shape index (κ1) is 23.7. The zero-order valence-electron chi connectivity index (χ0n) is 17.3. The molecule has 1 aliphatic rings. The van der Waals surface area contributed by atoms with Crippen molar-refractivity contribution >= 4 is 5.97 Å². The summed E-state index contributed by atoms with van der Waals surface area (Å²) in [6.07, 6.45) is 29.6. The molecule has 0 aromatic carbocycles. The number of epoxide rings is 1.